The van der Waals surface area contributed by atoms with E-state index in [9.17, 15) is 9.59 Å². The molecule has 1 unspecified atom stereocenters. The Kier molecular flexibility index (Phi) is 4.29. The number of aromatic nitrogens is 2. The minimum Gasteiger partial charge on any atom is -0.459 e. The first kappa shape index (κ1) is 14.8. The number of nitrogens with zero attached hydrogens (tertiary/aromatic N) is 1. The molecule has 0 bridgehead atoms. The minimum absolute atomic E-state index is 0.143. The molecule has 2 N–H and O–H groups in total. The van der Waals surface area contributed by atoms with Gasteiger partial charge < -0.3 is 14.6 Å². The van der Waals surface area contributed by atoms with Crippen LogP contribution in [-0.2, 0) is 14.3 Å². The Morgan fingerprint density at radius 3 is 2.85 bits per heavy atom. The second-order valence-electron chi connectivity index (χ2n) is 5.86. The van der Waals surface area contributed by atoms with Gasteiger partial charge in [0.25, 0.3) is 5.56 Å². The summed E-state index contributed by atoms with van der Waals surface area (Å²) in [5.41, 5.74) is 0.0300. The molecule has 1 saturated heterocycles. The number of carbonyl (C=O) groups excluding carboxylic acids is 1. The van der Waals surface area contributed by atoms with E-state index < -0.39 is 5.60 Å². The van der Waals surface area contributed by atoms with E-state index in [1.54, 1.807) is 0 Å². The number of rotatable bonds is 3. The van der Waals surface area contributed by atoms with E-state index in [0.717, 1.165) is 5.69 Å². The molecule has 0 aromatic carbocycles. The van der Waals surface area contributed by atoms with Crippen molar-refractivity contribution in [3.8, 4) is 0 Å². The fourth-order valence-electron chi connectivity index (χ4n) is 2.18. The normalized spacial score (nSPS) is 20.9. The van der Waals surface area contributed by atoms with Crippen molar-refractivity contribution < 1.29 is 14.3 Å². The highest BCUT2D eigenvalue weighted by Gasteiger charge is 2.29. The van der Waals surface area contributed by atoms with E-state index in [4.69, 9.17) is 9.47 Å². The van der Waals surface area contributed by atoms with Gasteiger partial charge in [0.2, 0.25) is 0 Å². The highest BCUT2D eigenvalue weighted by Crippen LogP contribution is 2.21. The highest BCUT2D eigenvalue weighted by molar-refractivity contribution is 5.72. The Bertz CT molecular complexity index is 514. The van der Waals surface area contributed by atoms with Gasteiger partial charge >= 0.3 is 5.97 Å². The lowest BCUT2D eigenvalue weighted by molar-refractivity contribution is -0.158. The Morgan fingerprint density at radius 1 is 1.50 bits per heavy atom. The summed E-state index contributed by atoms with van der Waals surface area (Å²) < 4.78 is 10.8. The molecule has 20 heavy (non-hydrogen) atoms. The van der Waals surface area contributed by atoms with E-state index >= 15 is 0 Å². The van der Waals surface area contributed by atoms with Crippen LogP contribution in [0.1, 0.15) is 32.5 Å². The third-order valence-corrected chi connectivity index (χ3v) is 2.97. The summed E-state index contributed by atoms with van der Waals surface area (Å²) in [4.78, 5) is 25.1. The average Bonchev–Trinajstić information content (AvgIpc) is 2.74. The van der Waals surface area contributed by atoms with Gasteiger partial charge in [-0.25, -0.2) is 0 Å². The molecular weight excluding hydrogens is 262 g/mol. The zero-order valence-electron chi connectivity index (χ0n) is 12.1. The molecule has 1 aliphatic heterocycles. The molecule has 1 atom stereocenters. The summed E-state index contributed by atoms with van der Waals surface area (Å²) in [6.07, 6.45) is 0. The van der Waals surface area contributed by atoms with Gasteiger partial charge in [0.15, 0.2) is 0 Å². The zero-order valence-corrected chi connectivity index (χ0v) is 12.1. The summed E-state index contributed by atoms with van der Waals surface area (Å²) in [5, 5.41) is 5.31. The second-order valence-corrected chi connectivity index (χ2v) is 5.86. The standard InChI is InChI=1S/C13H21N3O4/c1-13(2,3)20-12(18)7-16-4-5-19-8-10(16)9-6-11(17)15-14-9/h6,10H,4-5,7-8H2,1-3H3,(H2,14,15,17). The van der Waals surface area contributed by atoms with Crippen molar-refractivity contribution in [1.82, 2.24) is 15.1 Å². The van der Waals surface area contributed by atoms with Crippen LogP contribution in [0.25, 0.3) is 0 Å². The molecule has 0 radical (unpaired) electrons. The second kappa shape index (κ2) is 5.80. The van der Waals surface area contributed by atoms with E-state index in [0.29, 0.717) is 19.8 Å². The van der Waals surface area contributed by atoms with Crippen molar-refractivity contribution in [3.05, 3.63) is 22.1 Å². The van der Waals surface area contributed by atoms with Crippen LogP contribution in [-0.4, -0.2) is 53.0 Å². The maximum Gasteiger partial charge on any atom is 0.320 e. The molecule has 1 aromatic rings. The monoisotopic (exact) mass is 283 g/mol. The maximum atomic E-state index is 11.9. The van der Waals surface area contributed by atoms with E-state index in [2.05, 4.69) is 10.2 Å². The molecule has 1 aromatic heterocycles. The number of hydrogen-bond donors (Lipinski definition) is 2. The smallest absolute Gasteiger partial charge is 0.320 e. The molecule has 0 saturated carbocycles. The molecule has 7 heteroatoms. The third kappa shape index (κ3) is 3.94. The average molecular weight is 283 g/mol. The SMILES string of the molecule is CC(C)(C)OC(=O)CN1CCOCC1c1cc(=O)[nH][nH]1. The molecular formula is C13H21N3O4. The highest BCUT2D eigenvalue weighted by atomic mass is 16.6. The van der Waals surface area contributed by atoms with E-state index in [1.165, 1.54) is 6.07 Å². The Hall–Kier alpha value is -1.60. The van der Waals surface area contributed by atoms with Crippen molar-refractivity contribution in [2.24, 2.45) is 0 Å². The van der Waals surface area contributed by atoms with Crippen molar-refractivity contribution in [3.63, 3.8) is 0 Å². The first-order valence-corrected chi connectivity index (χ1v) is 6.66. The number of carbonyl (C=O) groups is 1. The number of ether oxygens (including phenoxy) is 2. The van der Waals surface area contributed by atoms with Gasteiger partial charge in [-0.2, -0.15) is 0 Å². The summed E-state index contributed by atoms with van der Waals surface area (Å²) in [7, 11) is 0. The molecule has 0 amide bonds. The predicted octanol–water partition coefficient (Wildman–Crippen LogP) is 0.418. The lowest BCUT2D eigenvalue weighted by Crippen LogP contribution is -2.44. The van der Waals surface area contributed by atoms with Gasteiger partial charge in [-0.3, -0.25) is 19.6 Å². The minimum atomic E-state index is -0.499. The van der Waals surface area contributed by atoms with E-state index in [1.807, 2.05) is 25.7 Å². The van der Waals surface area contributed by atoms with Crippen LogP contribution >= 0.6 is 0 Å². The summed E-state index contributed by atoms with van der Waals surface area (Å²) in [6.45, 7) is 7.32. The topological polar surface area (TPSA) is 87.4 Å². The van der Waals surface area contributed by atoms with Gasteiger partial charge in [0, 0.05) is 12.6 Å². The molecule has 1 aliphatic rings. The quantitative estimate of drug-likeness (QED) is 0.785. The van der Waals surface area contributed by atoms with Crippen LogP contribution in [0.5, 0.6) is 0 Å². The largest absolute Gasteiger partial charge is 0.459 e. The predicted molar refractivity (Wildman–Crippen MR) is 72.4 cm³/mol. The van der Waals surface area contributed by atoms with Crippen LogP contribution < -0.4 is 5.56 Å². The number of hydrogen-bond acceptors (Lipinski definition) is 5. The summed E-state index contributed by atoms with van der Waals surface area (Å²) in [6, 6.07) is 1.34. The van der Waals surface area contributed by atoms with Crippen LogP contribution in [0, 0.1) is 0 Å². The fraction of sp³-hybridized carbons (Fsp3) is 0.692. The Morgan fingerprint density at radius 2 is 2.25 bits per heavy atom. The first-order chi connectivity index (χ1) is 9.35. The number of aromatic amines is 2. The molecule has 0 spiro atoms. The van der Waals surface area contributed by atoms with Gasteiger partial charge in [-0.15, -0.1) is 0 Å². The maximum absolute atomic E-state index is 11.9. The molecule has 7 nitrogen and oxygen atoms in total. The van der Waals surface area contributed by atoms with Crippen molar-refractivity contribution in [2.75, 3.05) is 26.3 Å². The van der Waals surface area contributed by atoms with Crippen LogP contribution in [0.2, 0.25) is 0 Å². The number of morpholine rings is 1. The van der Waals surface area contributed by atoms with Crippen molar-refractivity contribution in [2.45, 2.75) is 32.4 Å². The van der Waals surface area contributed by atoms with Crippen LogP contribution in [0.4, 0.5) is 0 Å². The van der Waals surface area contributed by atoms with Gasteiger partial charge in [0.05, 0.1) is 31.5 Å². The van der Waals surface area contributed by atoms with E-state index in [-0.39, 0.29) is 24.1 Å². The fourth-order valence-corrected chi connectivity index (χ4v) is 2.18. The third-order valence-electron chi connectivity index (χ3n) is 2.97. The zero-order chi connectivity index (χ0) is 14.8. The summed E-state index contributed by atoms with van der Waals surface area (Å²) in [5.74, 6) is -0.276. The van der Waals surface area contributed by atoms with Crippen LogP contribution in [0.3, 0.4) is 0 Å². The lowest BCUT2D eigenvalue weighted by atomic mass is 10.1. The van der Waals surface area contributed by atoms with Gasteiger partial charge in [-0.1, -0.05) is 0 Å². The van der Waals surface area contributed by atoms with Crippen LogP contribution in [0.15, 0.2) is 10.9 Å². The molecule has 0 aliphatic carbocycles. The summed E-state index contributed by atoms with van der Waals surface area (Å²) >= 11 is 0. The van der Waals surface area contributed by atoms with Crippen molar-refractivity contribution in [1.29, 1.82) is 0 Å². The van der Waals surface area contributed by atoms with Gasteiger partial charge in [0.1, 0.15) is 5.60 Å². The number of esters is 1. The Labute approximate surface area is 117 Å². The van der Waals surface area contributed by atoms with Crippen molar-refractivity contribution >= 4 is 5.97 Å². The molecule has 112 valence electrons. The number of H-pyrrole nitrogens is 2. The van der Waals surface area contributed by atoms with Gasteiger partial charge in [-0.05, 0) is 20.8 Å². The number of nitrogens with one attached hydrogen (secondary N) is 2. The molecule has 2 rings (SSSR count). The Balaban J connectivity index is 2.04. The first-order valence-electron chi connectivity index (χ1n) is 6.66. The molecule has 2 heterocycles. The molecule has 1 fully saturated rings. The lowest BCUT2D eigenvalue weighted by Gasteiger charge is -2.34.